The van der Waals surface area contributed by atoms with E-state index in [0.29, 0.717) is 0 Å². The summed E-state index contributed by atoms with van der Waals surface area (Å²) in [5.41, 5.74) is 6.06. The van der Waals surface area contributed by atoms with Crippen LogP contribution in [-0.4, -0.2) is 16.4 Å². The highest BCUT2D eigenvalue weighted by atomic mass is 14.9. The van der Waals surface area contributed by atoms with Crippen LogP contribution in [0.1, 0.15) is 62.3 Å². The van der Waals surface area contributed by atoms with Gasteiger partial charge in [-0.2, -0.15) is 0 Å². The highest BCUT2D eigenvalue weighted by molar-refractivity contribution is 6.01. The van der Waals surface area contributed by atoms with E-state index in [-0.39, 0.29) is 12.1 Å². The van der Waals surface area contributed by atoms with E-state index in [4.69, 9.17) is 15.0 Å². The van der Waals surface area contributed by atoms with Gasteiger partial charge in [0.25, 0.3) is 0 Å². The topological polar surface area (TPSA) is 37.6 Å². The van der Waals surface area contributed by atoms with E-state index < -0.39 is 0 Å². The maximum atomic E-state index is 5.02. The number of hydrogen-bond acceptors (Lipinski definition) is 3. The summed E-state index contributed by atoms with van der Waals surface area (Å²) in [6, 6.07) is 35.9. The Labute approximate surface area is 213 Å². The Morgan fingerprint density at radius 2 is 0.917 bits per heavy atom. The van der Waals surface area contributed by atoms with Crippen LogP contribution in [0.25, 0.3) is 21.5 Å². The van der Waals surface area contributed by atoms with Crippen LogP contribution < -0.4 is 0 Å². The molecule has 5 aromatic rings. The molecule has 0 aliphatic carbocycles. The number of benzene rings is 4. The fourth-order valence-corrected chi connectivity index (χ4v) is 4.92. The van der Waals surface area contributed by atoms with E-state index in [9.17, 15) is 0 Å². The number of hydrogen-bond donors (Lipinski definition) is 0. The molecule has 36 heavy (non-hydrogen) atoms. The third kappa shape index (κ3) is 4.83. The van der Waals surface area contributed by atoms with Gasteiger partial charge in [-0.05, 0) is 72.5 Å². The van der Waals surface area contributed by atoms with Crippen LogP contribution >= 0.6 is 0 Å². The normalized spacial score (nSPS) is 14.2. The lowest BCUT2D eigenvalue weighted by atomic mass is 10.00. The minimum absolute atomic E-state index is 0.0303. The number of nitrogens with zero attached hydrogens (tertiary/aromatic N) is 3. The Morgan fingerprint density at radius 1 is 0.528 bits per heavy atom. The molecule has 3 nitrogen and oxygen atoms in total. The fraction of sp³-hybridized carbons (Fsp3) is 0.182. The molecule has 2 atom stereocenters. The first kappa shape index (κ1) is 23.6. The SMILES string of the molecule is CC(=N[C@@H](C)c1cccc2ccccc12)c1cccc(C(C)=N[C@@H](C)c2cccc3ccccc23)n1. The first-order chi connectivity index (χ1) is 17.5. The van der Waals surface area contributed by atoms with Gasteiger partial charge in [-0.3, -0.25) is 9.98 Å². The quantitative estimate of drug-likeness (QED) is 0.230. The molecule has 0 radical (unpaired) electrons. The molecule has 0 fully saturated rings. The third-order valence-electron chi connectivity index (χ3n) is 6.81. The van der Waals surface area contributed by atoms with Gasteiger partial charge in [-0.1, -0.05) is 91.0 Å². The van der Waals surface area contributed by atoms with Crippen molar-refractivity contribution in [3.63, 3.8) is 0 Å². The number of fused-ring (bicyclic) bond motifs is 2. The van der Waals surface area contributed by atoms with Gasteiger partial charge in [0, 0.05) is 0 Å². The summed E-state index contributed by atoms with van der Waals surface area (Å²) in [5.74, 6) is 0. The Balaban J connectivity index is 1.42. The zero-order valence-corrected chi connectivity index (χ0v) is 21.3. The van der Waals surface area contributed by atoms with Gasteiger partial charge < -0.3 is 0 Å². The predicted octanol–water partition coefficient (Wildman–Crippen LogP) is 8.53. The average molecular weight is 470 g/mol. The van der Waals surface area contributed by atoms with Crippen molar-refractivity contribution in [3.05, 3.63) is 126 Å². The number of aromatic nitrogens is 1. The van der Waals surface area contributed by atoms with E-state index >= 15 is 0 Å². The van der Waals surface area contributed by atoms with Gasteiger partial charge in [-0.25, -0.2) is 4.98 Å². The van der Waals surface area contributed by atoms with E-state index in [1.165, 1.54) is 32.7 Å². The second-order valence-electron chi connectivity index (χ2n) is 9.33. The Hall–Kier alpha value is -4.11. The van der Waals surface area contributed by atoms with Crippen molar-refractivity contribution in [3.8, 4) is 0 Å². The minimum atomic E-state index is 0.0303. The average Bonchev–Trinajstić information content (AvgIpc) is 2.92. The molecule has 0 aliphatic rings. The summed E-state index contributed by atoms with van der Waals surface area (Å²) in [7, 11) is 0. The summed E-state index contributed by atoms with van der Waals surface area (Å²) < 4.78 is 0. The lowest BCUT2D eigenvalue weighted by Crippen LogP contribution is -2.07. The second kappa shape index (κ2) is 10.2. The van der Waals surface area contributed by atoms with E-state index in [1.807, 2.05) is 32.0 Å². The highest BCUT2D eigenvalue weighted by Gasteiger charge is 2.12. The van der Waals surface area contributed by atoms with Crippen molar-refractivity contribution >= 4 is 33.0 Å². The molecule has 0 amide bonds. The molecule has 0 spiro atoms. The zero-order valence-electron chi connectivity index (χ0n) is 21.3. The van der Waals surface area contributed by atoms with Gasteiger partial charge in [0.05, 0.1) is 34.9 Å². The third-order valence-corrected chi connectivity index (χ3v) is 6.81. The summed E-state index contributed by atoms with van der Waals surface area (Å²) in [6.45, 7) is 8.37. The minimum Gasteiger partial charge on any atom is -0.280 e. The summed E-state index contributed by atoms with van der Waals surface area (Å²) in [6.07, 6.45) is 0. The molecule has 4 aromatic carbocycles. The molecule has 1 aromatic heterocycles. The van der Waals surface area contributed by atoms with Gasteiger partial charge in [0.1, 0.15) is 0 Å². The molecule has 178 valence electrons. The van der Waals surface area contributed by atoms with E-state index in [2.05, 4.69) is 98.8 Å². The van der Waals surface area contributed by atoms with Crippen molar-refractivity contribution in [2.24, 2.45) is 9.98 Å². The van der Waals surface area contributed by atoms with Gasteiger partial charge in [0.2, 0.25) is 0 Å². The lowest BCUT2D eigenvalue weighted by molar-refractivity contribution is 0.825. The Morgan fingerprint density at radius 3 is 1.39 bits per heavy atom. The van der Waals surface area contributed by atoms with Crippen LogP contribution in [0.2, 0.25) is 0 Å². The Kier molecular flexibility index (Phi) is 6.73. The highest BCUT2D eigenvalue weighted by Crippen LogP contribution is 2.28. The van der Waals surface area contributed by atoms with Crippen molar-refractivity contribution in [2.75, 3.05) is 0 Å². The zero-order chi connectivity index (χ0) is 25.1. The Bertz CT molecular complexity index is 1470. The molecular formula is C33H31N3. The lowest BCUT2D eigenvalue weighted by Gasteiger charge is -2.14. The molecule has 3 heteroatoms. The summed E-state index contributed by atoms with van der Waals surface area (Å²) in [5, 5.41) is 4.97. The number of aliphatic imine (C=N–C) groups is 2. The molecular weight excluding hydrogens is 438 g/mol. The molecule has 0 saturated heterocycles. The maximum Gasteiger partial charge on any atom is 0.0845 e. The van der Waals surface area contributed by atoms with Crippen LogP contribution in [0.15, 0.2) is 113 Å². The number of rotatable bonds is 6. The van der Waals surface area contributed by atoms with Crippen molar-refractivity contribution in [1.29, 1.82) is 0 Å². The van der Waals surface area contributed by atoms with E-state index in [0.717, 1.165) is 22.8 Å². The van der Waals surface area contributed by atoms with Crippen LogP contribution in [-0.2, 0) is 0 Å². The largest absolute Gasteiger partial charge is 0.280 e. The molecule has 0 saturated carbocycles. The molecule has 1 heterocycles. The van der Waals surface area contributed by atoms with Crippen molar-refractivity contribution < 1.29 is 0 Å². The molecule has 5 rings (SSSR count). The van der Waals surface area contributed by atoms with Crippen molar-refractivity contribution in [1.82, 2.24) is 4.98 Å². The monoisotopic (exact) mass is 469 g/mol. The first-order valence-electron chi connectivity index (χ1n) is 12.5. The smallest absolute Gasteiger partial charge is 0.0845 e. The van der Waals surface area contributed by atoms with Crippen LogP contribution in [0.3, 0.4) is 0 Å². The fourth-order valence-electron chi connectivity index (χ4n) is 4.92. The van der Waals surface area contributed by atoms with Crippen LogP contribution in [0.5, 0.6) is 0 Å². The molecule has 0 bridgehead atoms. The summed E-state index contributed by atoms with van der Waals surface area (Å²) in [4.78, 5) is 15.0. The number of pyridine rings is 1. The van der Waals surface area contributed by atoms with E-state index in [1.54, 1.807) is 0 Å². The maximum absolute atomic E-state index is 5.02. The standard InChI is InChI=1S/C33H31N3/c1-22(28-18-9-14-26-12-5-7-16-30(26)28)34-24(3)32-20-11-21-33(36-32)25(4)35-23(2)29-19-10-15-27-13-6-8-17-31(27)29/h5-23H,1-4H3/t22-,23-/m0/s1. The molecule has 0 unspecified atom stereocenters. The van der Waals surface area contributed by atoms with Crippen LogP contribution in [0, 0.1) is 0 Å². The summed E-state index contributed by atoms with van der Waals surface area (Å²) >= 11 is 0. The predicted molar refractivity (Wildman–Crippen MR) is 153 cm³/mol. The molecule has 0 aliphatic heterocycles. The second-order valence-corrected chi connectivity index (χ2v) is 9.33. The van der Waals surface area contributed by atoms with Gasteiger partial charge in [-0.15, -0.1) is 0 Å². The van der Waals surface area contributed by atoms with Crippen LogP contribution in [0.4, 0.5) is 0 Å². The van der Waals surface area contributed by atoms with Gasteiger partial charge in [0.15, 0.2) is 0 Å². The molecule has 0 N–H and O–H groups in total. The van der Waals surface area contributed by atoms with Crippen molar-refractivity contribution in [2.45, 2.75) is 39.8 Å². The first-order valence-corrected chi connectivity index (χ1v) is 12.5. The van der Waals surface area contributed by atoms with Gasteiger partial charge >= 0.3 is 0 Å².